The second-order valence-electron chi connectivity index (χ2n) is 11.1. The minimum atomic E-state index is -1.36. The molecular formula is C31H37FN6O2. The highest BCUT2D eigenvalue weighted by atomic mass is 19.1. The average molecular weight is 545 g/mol. The van der Waals surface area contributed by atoms with Crippen LogP contribution < -0.4 is 20.9 Å². The van der Waals surface area contributed by atoms with Gasteiger partial charge in [0, 0.05) is 72.7 Å². The van der Waals surface area contributed by atoms with Crippen molar-refractivity contribution in [3.8, 4) is 0 Å². The number of benzene rings is 1. The third-order valence-electron chi connectivity index (χ3n) is 7.80. The number of aromatic nitrogens is 1. The minimum absolute atomic E-state index is 0.144. The summed E-state index contributed by atoms with van der Waals surface area (Å²) >= 11 is 0. The van der Waals surface area contributed by atoms with Crippen molar-refractivity contribution in [1.82, 2.24) is 15.6 Å². The molecule has 2 aliphatic carbocycles. The predicted octanol–water partition coefficient (Wildman–Crippen LogP) is 4.75. The van der Waals surface area contributed by atoms with Crippen molar-refractivity contribution in [1.29, 1.82) is 0 Å². The highest BCUT2D eigenvalue weighted by molar-refractivity contribution is 6.25. The molecular weight excluding hydrogens is 507 g/mol. The van der Waals surface area contributed by atoms with Crippen molar-refractivity contribution in [2.75, 3.05) is 36.4 Å². The summed E-state index contributed by atoms with van der Waals surface area (Å²) in [6.07, 6.45) is 7.57. The van der Waals surface area contributed by atoms with Gasteiger partial charge in [0.1, 0.15) is 17.2 Å². The number of aromatic amines is 1. The summed E-state index contributed by atoms with van der Waals surface area (Å²) in [5.41, 5.74) is 4.52. The van der Waals surface area contributed by atoms with Gasteiger partial charge in [-0.2, -0.15) is 0 Å². The van der Waals surface area contributed by atoms with Crippen LogP contribution in [0.2, 0.25) is 0 Å². The number of anilines is 2. The van der Waals surface area contributed by atoms with Crippen LogP contribution in [0, 0.1) is 12.8 Å². The van der Waals surface area contributed by atoms with Crippen LogP contribution >= 0.6 is 0 Å². The van der Waals surface area contributed by atoms with E-state index in [1.54, 1.807) is 12.3 Å². The molecule has 1 saturated carbocycles. The van der Waals surface area contributed by atoms with Crippen molar-refractivity contribution in [2.24, 2.45) is 10.9 Å². The smallest absolute Gasteiger partial charge is 0.258 e. The molecule has 1 aromatic carbocycles. The van der Waals surface area contributed by atoms with Gasteiger partial charge in [-0.25, -0.2) is 9.38 Å². The van der Waals surface area contributed by atoms with Crippen LogP contribution in [0.25, 0.3) is 6.08 Å². The summed E-state index contributed by atoms with van der Waals surface area (Å²) in [6, 6.07) is 10.1. The molecule has 4 N–H and O–H groups in total. The molecule has 0 bridgehead atoms. The number of hydrogen-bond acceptors (Lipinski definition) is 6. The molecule has 9 heteroatoms. The molecule has 1 aromatic heterocycles. The second kappa shape index (κ2) is 11.3. The lowest BCUT2D eigenvalue weighted by Gasteiger charge is -2.30. The number of fused-ring (bicyclic) bond motifs is 1. The third kappa shape index (κ3) is 5.70. The second-order valence-corrected chi connectivity index (χ2v) is 11.1. The van der Waals surface area contributed by atoms with Crippen LogP contribution in [0.3, 0.4) is 0 Å². The Morgan fingerprint density at radius 3 is 2.70 bits per heavy atom. The number of carbonyl (C=O) groups is 1. The number of halogens is 1. The van der Waals surface area contributed by atoms with Crippen molar-refractivity contribution in [2.45, 2.75) is 51.4 Å². The number of allylic oxidation sites excluding steroid dienone is 2. The van der Waals surface area contributed by atoms with Gasteiger partial charge in [0.15, 0.2) is 12.3 Å². The van der Waals surface area contributed by atoms with E-state index in [2.05, 4.69) is 43.0 Å². The molecule has 2 aliphatic heterocycles. The Morgan fingerprint density at radius 2 is 1.95 bits per heavy atom. The molecule has 6 rings (SSSR count). The van der Waals surface area contributed by atoms with E-state index < -0.39 is 12.3 Å². The number of aryl methyl sites for hydroxylation is 1. The highest BCUT2D eigenvalue weighted by Crippen LogP contribution is 2.37. The van der Waals surface area contributed by atoms with E-state index >= 15 is 4.39 Å². The van der Waals surface area contributed by atoms with E-state index in [9.17, 15) is 4.79 Å². The van der Waals surface area contributed by atoms with Crippen LogP contribution in [-0.2, 0) is 9.53 Å². The monoisotopic (exact) mass is 544 g/mol. The molecule has 0 radical (unpaired) electrons. The molecule has 210 valence electrons. The van der Waals surface area contributed by atoms with Gasteiger partial charge >= 0.3 is 0 Å². The Labute approximate surface area is 234 Å². The number of amidine groups is 1. The minimum Gasteiger partial charge on any atom is -0.486 e. The molecule has 3 atom stereocenters. The lowest BCUT2D eigenvalue weighted by molar-refractivity contribution is -0.117. The van der Waals surface area contributed by atoms with Crippen LogP contribution in [0.4, 0.5) is 15.8 Å². The molecule has 40 heavy (non-hydrogen) atoms. The van der Waals surface area contributed by atoms with Crippen molar-refractivity contribution < 1.29 is 13.9 Å². The quantitative estimate of drug-likeness (QED) is 0.421. The Balaban J connectivity index is 1.32. The van der Waals surface area contributed by atoms with Gasteiger partial charge < -0.3 is 30.6 Å². The van der Waals surface area contributed by atoms with Gasteiger partial charge in [-0.1, -0.05) is 13.0 Å². The number of nitrogens with zero attached hydrogens (tertiary/aromatic N) is 2. The first-order valence-corrected chi connectivity index (χ1v) is 14.3. The molecule has 1 amide bonds. The first-order chi connectivity index (χ1) is 19.5. The fourth-order valence-electron chi connectivity index (χ4n) is 5.43. The maximum absolute atomic E-state index is 15.7. The number of alkyl halides is 1. The number of hydrogen-bond donors (Lipinski definition) is 4. The summed E-state index contributed by atoms with van der Waals surface area (Å²) in [5, 5.41) is 9.86. The van der Waals surface area contributed by atoms with Gasteiger partial charge in [0.2, 0.25) is 0 Å². The highest BCUT2D eigenvalue weighted by Gasteiger charge is 2.35. The topological polar surface area (TPSA) is 93.8 Å². The number of aliphatic imine (C=N–C) groups is 1. The zero-order chi connectivity index (χ0) is 27.6. The fourth-order valence-corrected chi connectivity index (χ4v) is 5.43. The summed E-state index contributed by atoms with van der Waals surface area (Å²) in [5.74, 6) is 0.420. The average Bonchev–Trinajstić information content (AvgIpc) is 3.69. The number of rotatable bonds is 6. The number of nitrogens with one attached hydrogen (secondary N) is 4. The largest absolute Gasteiger partial charge is 0.486 e. The van der Waals surface area contributed by atoms with Crippen LogP contribution in [0.1, 0.15) is 49.3 Å². The van der Waals surface area contributed by atoms with Crippen molar-refractivity contribution in [3.63, 3.8) is 0 Å². The van der Waals surface area contributed by atoms with Gasteiger partial charge in [0.05, 0.1) is 0 Å². The summed E-state index contributed by atoms with van der Waals surface area (Å²) in [7, 11) is 0. The predicted molar refractivity (Wildman–Crippen MR) is 157 cm³/mol. The molecule has 2 aromatic rings. The Morgan fingerprint density at radius 1 is 1.18 bits per heavy atom. The van der Waals surface area contributed by atoms with Crippen LogP contribution in [0.5, 0.6) is 0 Å². The molecule has 3 heterocycles. The van der Waals surface area contributed by atoms with E-state index in [1.165, 1.54) is 0 Å². The van der Waals surface area contributed by atoms with Crippen LogP contribution in [0.15, 0.2) is 65.0 Å². The van der Waals surface area contributed by atoms with Gasteiger partial charge in [-0.05, 0) is 68.7 Å². The molecule has 1 saturated heterocycles. The van der Waals surface area contributed by atoms with E-state index in [4.69, 9.17) is 4.74 Å². The standard InChI is InChI=1S/C31H37FN6O2/c1-19-4-3-13-34-30(36-21-7-9-23(10-8-21)38-16-14-33-15-17-38)27(31(39)37-22-5-6-22)29(19)40-26-12-11-25-24(28(26)32)18-20(2)35-25/h3,7-13,18-19,22,26,28,33,35H,4-6,14-17H2,1-2H3,(H,34,36)(H,37,39)/b13-3+,29-27-. The molecule has 4 aliphatic rings. The van der Waals surface area contributed by atoms with E-state index in [-0.39, 0.29) is 17.9 Å². The lowest BCUT2D eigenvalue weighted by atomic mass is 9.96. The summed E-state index contributed by atoms with van der Waals surface area (Å²) < 4.78 is 22.2. The summed E-state index contributed by atoms with van der Waals surface area (Å²) in [4.78, 5) is 23.9. The Hall–Kier alpha value is -3.85. The number of H-pyrrole nitrogens is 1. The zero-order valence-electron chi connectivity index (χ0n) is 23.0. The van der Waals surface area contributed by atoms with Gasteiger partial charge in [-0.3, -0.25) is 4.79 Å². The first-order valence-electron chi connectivity index (χ1n) is 14.3. The number of ether oxygens (including phenoxy) is 1. The van der Waals surface area contributed by atoms with E-state index in [0.717, 1.165) is 61.8 Å². The normalized spacial score (nSPS) is 28.5. The van der Waals surface area contributed by atoms with Gasteiger partial charge in [-0.15, -0.1) is 0 Å². The SMILES string of the molecule is Cc1cc2c([nH]1)C=CC(O/C1=C(C(=O)NC3CC3)/C(Nc3ccc(N4CCNCC4)cc3)=N/C=C/CC1C)C2F. The first kappa shape index (κ1) is 26.4. The van der Waals surface area contributed by atoms with Crippen molar-refractivity contribution in [3.05, 3.63) is 77.0 Å². The zero-order valence-corrected chi connectivity index (χ0v) is 23.0. The molecule has 3 unspecified atom stereocenters. The van der Waals surface area contributed by atoms with Crippen LogP contribution in [-0.4, -0.2) is 55.1 Å². The van der Waals surface area contributed by atoms with E-state index in [0.29, 0.717) is 29.2 Å². The molecule has 2 fully saturated rings. The Bertz CT molecular complexity index is 1360. The lowest BCUT2D eigenvalue weighted by Crippen LogP contribution is -2.43. The third-order valence-corrected chi connectivity index (χ3v) is 7.80. The van der Waals surface area contributed by atoms with Crippen molar-refractivity contribution >= 4 is 29.2 Å². The number of carbonyl (C=O) groups excluding carboxylic acids is 1. The number of piperazine rings is 1. The number of amides is 1. The maximum Gasteiger partial charge on any atom is 0.258 e. The summed E-state index contributed by atoms with van der Waals surface area (Å²) in [6.45, 7) is 7.77. The van der Waals surface area contributed by atoms with E-state index in [1.807, 2.05) is 44.2 Å². The van der Waals surface area contributed by atoms with Gasteiger partial charge in [0.25, 0.3) is 5.91 Å². The maximum atomic E-state index is 15.7. The Kier molecular flexibility index (Phi) is 7.47. The fraction of sp³-hybridized carbons (Fsp3) is 0.419. The molecule has 0 spiro atoms. The molecule has 8 nitrogen and oxygen atoms in total.